The molecule has 0 atom stereocenters. The summed E-state index contributed by atoms with van der Waals surface area (Å²) in [6.07, 6.45) is 0. The summed E-state index contributed by atoms with van der Waals surface area (Å²) in [5.41, 5.74) is 0.561. The molecule has 0 heterocycles. The van der Waals surface area contributed by atoms with Gasteiger partial charge in [0.2, 0.25) is 0 Å². The maximum atomic E-state index is 10.4. The zero-order valence-corrected chi connectivity index (χ0v) is 7.58. The van der Waals surface area contributed by atoms with Crippen LogP contribution in [0.3, 0.4) is 0 Å². The molecule has 0 aromatic carbocycles. The Morgan fingerprint density at radius 1 is 1.88 bits per heavy atom. The van der Waals surface area contributed by atoms with Crippen LogP contribution in [0.2, 0.25) is 4.44 Å². The number of rotatable bonds is 2. The molecule has 0 saturated heterocycles. The van der Waals surface area contributed by atoms with Crippen molar-refractivity contribution >= 4 is 28.5 Å². The van der Waals surface area contributed by atoms with E-state index in [4.69, 9.17) is 0 Å². The predicted octanol–water partition coefficient (Wildman–Crippen LogP) is 0.302. The van der Waals surface area contributed by atoms with Crippen molar-refractivity contribution in [2.75, 3.05) is 7.11 Å². The third kappa shape index (κ3) is 2.35. The first-order valence-electron chi connectivity index (χ1n) is 2.13. The summed E-state index contributed by atoms with van der Waals surface area (Å²) in [5.74, 6) is -0.290. The van der Waals surface area contributed by atoms with Crippen LogP contribution in [0.1, 0.15) is 0 Å². The Morgan fingerprint density at radius 3 is 2.50 bits per heavy atom. The molecule has 0 N–H and O–H groups in total. The molecule has 8 heavy (non-hydrogen) atoms. The molecular weight excluding hydrogens is 211 g/mol. The Hall–Kier alpha value is 0.00870. The topological polar surface area (TPSA) is 26.3 Å². The third-order valence-corrected chi connectivity index (χ3v) is 1.91. The minimum atomic E-state index is -0.290. The molecule has 0 aliphatic heterocycles. The molecule has 0 fully saturated rings. The standard InChI is InChI=1S/C5H7O2.Sn/c1-4(2)5(6)7-3;/h1-2H2,3H3;/q;+1. The van der Waals surface area contributed by atoms with Gasteiger partial charge in [-0.15, -0.1) is 0 Å². The van der Waals surface area contributed by atoms with E-state index in [0.717, 1.165) is 4.44 Å². The third-order valence-electron chi connectivity index (χ3n) is 0.687. The first kappa shape index (κ1) is 8.01. The molecule has 0 aromatic rings. The molecule has 3 heteroatoms. The minimum absolute atomic E-state index is 0.290. The average Bonchev–Trinajstić information content (AvgIpc) is 1.84. The Morgan fingerprint density at radius 2 is 2.38 bits per heavy atom. The van der Waals surface area contributed by atoms with Gasteiger partial charge in [0.25, 0.3) is 0 Å². The van der Waals surface area contributed by atoms with Crippen molar-refractivity contribution in [2.24, 2.45) is 0 Å². The van der Waals surface area contributed by atoms with Gasteiger partial charge in [-0.1, -0.05) is 0 Å². The van der Waals surface area contributed by atoms with Crippen molar-refractivity contribution in [2.45, 2.75) is 4.44 Å². The molecule has 0 bridgehead atoms. The summed E-state index contributed by atoms with van der Waals surface area (Å²) in [7, 11) is 1.36. The van der Waals surface area contributed by atoms with Gasteiger partial charge in [-0.3, -0.25) is 0 Å². The molecule has 42 valence electrons. The second-order valence-electron chi connectivity index (χ2n) is 1.27. The van der Waals surface area contributed by atoms with Crippen LogP contribution in [0.15, 0.2) is 12.2 Å². The summed E-state index contributed by atoms with van der Waals surface area (Å²) < 4.78 is 5.13. The molecule has 0 aromatic heterocycles. The van der Waals surface area contributed by atoms with Gasteiger partial charge in [-0.2, -0.15) is 0 Å². The van der Waals surface area contributed by atoms with E-state index in [0.29, 0.717) is 5.57 Å². The Kier molecular flexibility index (Phi) is 3.95. The molecule has 0 unspecified atom stereocenters. The summed E-state index contributed by atoms with van der Waals surface area (Å²) in [4.78, 5) is 10.4. The molecule has 0 rings (SSSR count). The zero-order chi connectivity index (χ0) is 6.57. The van der Waals surface area contributed by atoms with E-state index in [9.17, 15) is 4.79 Å². The van der Waals surface area contributed by atoms with Gasteiger partial charge >= 0.3 is 61.7 Å². The van der Waals surface area contributed by atoms with Crippen molar-refractivity contribution in [3.05, 3.63) is 12.2 Å². The number of ether oxygens (including phenoxy) is 1. The summed E-state index contributed by atoms with van der Waals surface area (Å²) in [6, 6.07) is 0. The van der Waals surface area contributed by atoms with Crippen LogP contribution in [0, 0.1) is 0 Å². The van der Waals surface area contributed by atoms with E-state index < -0.39 is 0 Å². The number of carbonyl (C=O) groups excluding carboxylic acids is 1. The molecule has 0 aliphatic rings. The van der Waals surface area contributed by atoms with Crippen molar-refractivity contribution in [3.8, 4) is 0 Å². The molecule has 0 spiro atoms. The fourth-order valence-electron chi connectivity index (χ4n) is 0.217. The van der Waals surface area contributed by atoms with Crippen molar-refractivity contribution in [1.82, 2.24) is 0 Å². The van der Waals surface area contributed by atoms with Crippen LogP contribution in [0.5, 0.6) is 0 Å². The van der Waals surface area contributed by atoms with Crippen molar-refractivity contribution in [3.63, 3.8) is 0 Å². The van der Waals surface area contributed by atoms with Crippen molar-refractivity contribution < 1.29 is 9.53 Å². The Labute approximate surface area is 62.0 Å². The fourth-order valence-corrected chi connectivity index (χ4v) is 0.628. The zero-order valence-electron chi connectivity index (χ0n) is 4.73. The van der Waals surface area contributed by atoms with E-state index in [-0.39, 0.29) is 5.97 Å². The van der Waals surface area contributed by atoms with E-state index in [1.165, 1.54) is 29.6 Å². The maximum absolute atomic E-state index is 10.4. The van der Waals surface area contributed by atoms with E-state index in [2.05, 4.69) is 11.3 Å². The fraction of sp³-hybridized carbons (Fsp3) is 0.400. The van der Waals surface area contributed by atoms with Gasteiger partial charge in [0.1, 0.15) is 0 Å². The second kappa shape index (κ2) is 3.95. The number of hydrogen-bond donors (Lipinski definition) is 0. The van der Waals surface area contributed by atoms with Crippen LogP contribution < -0.4 is 0 Å². The number of esters is 1. The average molecular weight is 218 g/mol. The molecule has 2 nitrogen and oxygen atoms in total. The molecule has 0 aliphatic carbocycles. The Balaban J connectivity index is 3.64. The van der Waals surface area contributed by atoms with Crippen molar-refractivity contribution in [1.29, 1.82) is 0 Å². The normalized spacial score (nSPS) is 8.12. The summed E-state index contributed by atoms with van der Waals surface area (Å²) >= 11 is 1.29. The number of hydrogen-bond acceptors (Lipinski definition) is 2. The summed E-state index contributed by atoms with van der Waals surface area (Å²) in [6.45, 7) is 3.49. The first-order valence-corrected chi connectivity index (χ1v) is 4.15. The number of carbonyl (C=O) groups is 1. The van der Waals surface area contributed by atoms with Gasteiger partial charge in [0, 0.05) is 0 Å². The van der Waals surface area contributed by atoms with Gasteiger partial charge in [0.05, 0.1) is 0 Å². The van der Waals surface area contributed by atoms with E-state index in [1.54, 1.807) is 0 Å². The first-order chi connectivity index (χ1) is 3.72. The molecule has 0 saturated carbocycles. The van der Waals surface area contributed by atoms with Gasteiger partial charge in [0.15, 0.2) is 0 Å². The van der Waals surface area contributed by atoms with Gasteiger partial charge in [-0.05, 0) is 0 Å². The molecular formula is C5H7O2Sn+. The molecule has 0 amide bonds. The van der Waals surface area contributed by atoms with Gasteiger partial charge < -0.3 is 0 Å². The van der Waals surface area contributed by atoms with Crippen LogP contribution in [0.25, 0.3) is 0 Å². The molecule has 2 radical (unpaired) electrons. The van der Waals surface area contributed by atoms with Crippen LogP contribution in [-0.4, -0.2) is 35.6 Å². The SMILES string of the molecule is C=C([CH2][Sn+])C(=O)OC. The van der Waals surface area contributed by atoms with Gasteiger partial charge in [-0.25, -0.2) is 0 Å². The van der Waals surface area contributed by atoms with Crippen LogP contribution in [0.4, 0.5) is 0 Å². The van der Waals surface area contributed by atoms with Crippen LogP contribution >= 0.6 is 0 Å². The monoisotopic (exact) mass is 219 g/mol. The Bertz CT molecular complexity index is 95.0. The quantitative estimate of drug-likeness (QED) is 0.378. The van der Waals surface area contributed by atoms with E-state index in [1.807, 2.05) is 0 Å². The summed E-state index contributed by atoms with van der Waals surface area (Å²) in [5, 5.41) is 0. The second-order valence-corrected chi connectivity index (χ2v) is 2.28. The predicted molar refractivity (Wildman–Crippen MR) is 31.7 cm³/mol. The van der Waals surface area contributed by atoms with E-state index >= 15 is 0 Å². The van der Waals surface area contributed by atoms with Crippen LogP contribution in [-0.2, 0) is 9.53 Å². The number of methoxy groups -OCH3 is 1.